The number of rotatable bonds is 6. The Morgan fingerprint density at radius 1 is 1.30 bits per heavy atom. The maximum absolute atomic E-state index is 12.8. The number of carbonyl (C=O) groups is 2. The van der Waals surface area contributed by atoms with Crippen LogP contribution in [0.25, 0.3) is 5.65 Å². The fraction of sp³-hybridized carbons (Fsp3) is 0.529. The number of nitrogens with one attached hydrogen (secondary N) is 1. The Kier molecular flexibility index (Phi) is 7.37. The molecule has 1 unspecified atom stereocenters. The highest BCUT2D eigenvalue weighted by Crippen LogP contribution is 2.17. The van der Waals surface area contributed by atoms with E-state index in [1.807, 2.05) is 0 Å². The second-order valence-electron chi connectivity index (χ2n) is 6.45. The maximum Gasteiger partial charge on any atom is 0.350 e. The van der Waals surface area contributed by atoms with Crippen LogP contribution in [-0.2, 0) is 16.1 Å². The lowest BCUT2D eigenvalue weighted by atomic mass is 10.0. The molecule has 0 spiro atoms. The molecule has 0 aliphatic carbocycles. The number of likely N-dealkylation sites (tertiary alicyclic amines) is 1. The van der Waals surface area contributed by atoms with E-state index in [-0.39, 0.29) is 48.9 Å². The van der Waals surface area contributed by atoms with Crippen molar-refractivity contribution < 1.29 is 9.59 Å². The van der Waals surface area contributed by atoms with E-state index in [9.17, 15) is 14.4 Å². The first-order valence-electron chi connectivity index (χ1n) is 8.90. The number of nitrogens with zero attached hydrogens (tertiary/aromatic N) is 4. The van der Waals surface area contributed by atoms with Gasteiger partial charge in [-0.25, -0.2) is 9.48 Å². The molecule has 3 heterocycles. The molecule has 0 bridgehead atoms. The highest BCUT2D eigenvalue weighted by molar-refractivity contribution is 5.85. The van der Waals surface area contributed by atoms with Gasteiger partial charge in [0.05, 0.1) is 0 Å². The van der Waals surface area contributed by atoms with E-state index in [1.54, 1.807) is 29.3 Å². The van der Waals surface area contributed by atoms with Gasteiger partial charge in [-0.15, -0.1) is 17.5 Å². The number of aromatic nitrogens is 3. The molecule has 9 nitrogen and oxygen atoms in total. The highest BCUT2D eigenvalue weighted by Gasteiger charge is 2.27. The van der Waals surface area contributed by atoms with Gasteiger partial charge >= 0.3 is 5.69 Å². The standard InChI is InChI=1S/C17H24N6O3.ClH/c18-8-7-15(24)19-11-13-5-1-3-9-21(13)16(25)12-23-17(26)22-10-4-2-6-14(22)20-23;/h2,4,6,10,13H,1,3,5,7-9,11-12,18H2,(H,19,24);1H. The van der Waals surface area contributed by atoms with Crippen LogP contribution in [0.4, 0.5) is 0 Å². The van der Waals surface area contributed by atoms with Crippen molar-refractivity contribution in [2.45, 2.75) is 38.3 Å². The highest BCUT2D eigenvalue weighted by atomic mass is 35.5. The number of halogens is 1. The van der Waals surface area contributed by atoms with Gasteiger partial charge in [-0.05, 0) is 31.4 Å². The summed E-state index contributed by atoms with van der Waals surface area (Å²) in [5.41, 5.74) is 5.55. The summed E-state index contributed by atoms with van der Waals surface area (Å²) < 4.78 is 2.60. The van der Waals surface area contributed by atoms with Crippen molar-refractivity contribution >= 4 is 29.9 Å². The Labute approximate surface area is 162 Å². The zero-order valence-electron chi connectivity index (χ0n) is 15.0. The first-order chi connectivity index (χ1) is 12.6. The summed E-state index contributed by atoms with van der Waals surface area (Å²) in [7, 11) is 0. The van der Waals surface area contributed by atoms with Gasteiger partial charge in [-0.1, -0.05) is 6.07 Å². The molecule has 10 heteroatoms. The molecule has 2 aromatic rings. The summed E-state index contributed by atoms with van der Waals surface area (Å²) in [5, 5.41) is 7.04. The first-order valence-corrected chi connectivity index (χ1v) is 8.90. The molecule has 0 aromatic carbocycles. The number of hydrogen-bond acceptors (Lipinski definition) is 5. The fourth-order valence-corrected chi connectivity index (χ4v) is 3.28. The molecule has 1 atom stereocenters. The Balaban J connectivity index is 0.00000261. The van der Waals surface area contributed by atoms with Gasteiger partial charge in [-0.3, -0.25) is 14.0 Å². The SMILES string of the molecule is Cl.NCCC(=O)NCC1CCCCN1C(=O)Cn1nc2ccccn2c1=O. The average molecular weight is 397 g/mol. The van der Waals surface area contributed by atoms with E-state index in [4.69, 9.17) is 5.73 Å². The van der Waals surface area contributed by atoms with Crippen molar-refractivity contribution in [2.24, 2.45) is 5.73 Å². The van der Waals surface area contributed by atoms with Crippen molar-refractivity contribution in [1.29, 1.82) is 0 Å². The molecule has 3 N–H and O–H groups in total. The van der Waals surface area contributed by atoms with E-state index >= 15 is 0 Å². The maximum atomic E-state index is 12.8. The second kappa shape index (κ2) is 9.52. The van der Waals surface area contributed by atoms with Crippen LogP contribution >= 0.6 is 12.4 Å². The minimum atomic E-state index is -0.334. The van der Waals surface area contributed by atoms with E-state index < -0.39 is 0 Å². The number of nitrogens with two attached hydrogens (primary N) is 1. The number of carbonyl (C=O) groups excluding carboxylic acids is 2. The minimum Gasteiger partial charge on any atom is -0.354 e. The molecule has 2 aromatic heterocycles. The van der Waals surface area contributed by atoms with Crippen LogP contribution in [0.5, 0.6) is 0 Å². The molecule has 1 aliphatic heterocycles. The van der Waals surface area contributed by atoms with Crippen LogP contribution in [0, 0.1) is 0 Å². The van der Waals surface area contributed by atoms with Gasteiger partial charge in [0, 0.05) is 38.3 Å². The fourth-order valence-electron chi connectivity index (χ4n) is 3.28. The van der Waals surface area contributed by atoms with Crippen molar-refractivity contribution in [1.82, 2.24) is 24.4 Å². The summed E-state index contributed by atoms with van der Waals surface area (Å²) in [6, 6.07) is 5.19. The molecule has 148 valence electrons. The van der Waals surface area contributed by atoms with Crippen LogP contribution in [0.2, 0.25) is 0 Å². The monoisotopic (exact) mass is 396 g/mol. The summed E-state index contributed by atoms with van der Waals surface area (Å²) in [6.45, 7) is 1.23. The Morgan fingerprint density at radius 2 is 2.11 bits per heavy atom. The third kappa shape index (κ3) is 4.86. The number of amides is 2. The zero-order valence-corrected chi connectivity index (χ0v) is 15.9. The molecule has 0 saturated carbocycles. The van der Waals surface area contributed by atoms with Gasteiger partial charge < -0.3 is 16.0 Å². The number of piperidine rings is 1. The number of pyridine rings is 1. The predicted molar refractivity (Wildman–Crippen MR) is 103 cm³/mol. The van der Waals surface area contributed by atoms with Crippen molar-refractivity contribution in [3.63, 3.8) is 0 Å². The van der Waals surface area contributed by atoms with Gasteiger partial charge in [0.2, 0.25) is 11.8 Å². The molecule has 1 aliphatic rings. The number of fused-ring (bicyclic) bond motifs is 1. The predicted octanol–water partition coefficient (Wildman–Crippen LogP) is -0.236. The molecule has 2 amide bonds. The van der Waals surface area contributed by atoms with Gasteiger partial charge in [0.1, 0.15) is 6.54 Å². The summed E-state index contributed by atoms with van der Waals surface area (Å²) in [6.07, 6.45) is 4.66. The summed E-state index contributed by atoms with van der Waals surface area (Å²) >= 11 is 0. The topological polar surface area (TPSA) is 115 Å². The lowest BCUT2D eigenvalue weighted by Crippen LogP contribution is -2.51. The van der Waals surface area contributed by atoms with Crippen LogP contribution in [-0.4, -0.2) is 56.6 Å². The second-order valence-corrected chi connectivity index (χ2v) is 6.45. The van der Waals surface area contributed by atoms with Crippen LogP contribution < -0.4 is 16.7 Å². The lowest BCUT2D eigenvalue weighted by molar-refractivity contribution is -0.136. The average Bonchev–Trinajstić information content (AvgIpc) is 2.96. The molecule has 0 radical (unpaired) electrons. The van der Waals surface area contributed by atoms with Crippen molar-refractivity contribution in [3.8, 4) is 0 Å². The Hall–Kier alpha value is -2.39. The van der Waals surface area contributed by atoms with Gasteiger partial charge in [-0.2, -0.15) is 0 Å². The summed E-state index contributed by atoms with van der Waals surface area (Å²) in [4.78, 5) is 38.5. The van der Waals surface area contributed by atoms with E-state index in [0.29, 0.717) is 25.3 Å². The van der Waals surface area contributed by atoms with Crippen LogP contribution in [0.3, 0.4) is 0 Å². The third-order valence-electron chi connectivity index (χ3n) is 4.63. The molecule has 27 heavy (non-hydrogen) atoms. The largest absolute Gasteiger partial charge is 0.354 e. The van der Waals surface area contributed by atoms with Crippen molar-refractivity contribution in [2.75, 3.05) is 19.6 Å². The molecule has 3 rings (SSSR count). The van der Waals surface area contributed by atoms with Gasteiger partial charge in [0.25, 0.3) is 0 Å². The van der Waals surface area contributed by atoms with Crippen LogP contribution in [0.15, 0.2) is 29.2 Å². The summed E-state index contributed by atoms with van der Waals surface area (Å²) in [5.74, 6) is -0.268. The molecule has 1 fully saturated rings. The molecular formula is C17H25ClN6O3. The number of hydrogen-bond donors (Lipinski definition) is 2. The smallest absolute Gasteiger partial charge is 0.350 e. The van der Waals surface area contributed by atoms with Crippen molar-refractivity contribution in [3.05, 3.63) is 34.9 Å². The first kappa shape index (κ1) is 20.9. The Morgan fingerprint density at radius 3 is 2.85 bits per heavy atom. The third-order valence-corrected chi connectivity index (χ3v) is 4.63. The van der Waals surface area contributed by atoms with E-state index in [0.717, 1.165) is 19.3 Å². The van der Waals surface area contributed by atoms with E-state index in [1.165, 1.54) is 9.08 Å². The van der Waals surface area contributed by atoms with Crippen LogP contribution in [0.1, 0.15) is 25.7 Å². The quantitative estimate of drug-likeness (QED) is 0.699. The minimum absolute atomic E-state index is 0. The molecular weight excluding hydrogens is 372 g/mol. The lowest BCUT2D eigenvalue weighted by Gasteiger charge is -2.35. The normalized spacial score (nSPS) is 16.8. The Bertz CT molecular complexity index is 849. The molecule has 1 saturated heterocycles. The zero-order chi connectivity index (χ0) is 18.5. The van der Waals surface area contributed by atoms with Gasteiger partial charge in [0.15, 0.2) is 5.65 Å². The van der Waals surface area contributed by atoms with E-state index in [2.05, 4.69) is 10.4 Å².